The largest absolute Gasteiger partial charge is 0.305 e. The first-order valence-corrected chi connectivity index (χ1v) is 3.26. The molecule has 1 heterocycles. The van der Waals surface area contributed by atoms with Gasteiger partial charge in [-0.05, 0) is 12.1 Å². The van der Waals surface area contributed by atoms with Crippen molar-refractivity contribution in [2.75, 3.05) is 0 Å². The van der Waals surface area contributed by atoms with Gasteiger partial charge in [-0.1, -0.05) is 6.07 Å². The molecule has 3 heteroatoms. The third-order valence-electron chi connectivity index (χ3n) is 1.24. The van der Waals surface area contributed by atoms with Crippen molar-refractivity contribution in [1.29, 1.82) is 5.41 Å². The van der Waals surface area contributed by atoms with E-state index in [1.807, 2.05) is 6.07 Å². The van der Waals surface area contributed by atoms with Gasteiger partial charge in [0, 0.05) is 11.9 Å². The molecule has 1 N–H and O–H groups in total. The highest BCUT2D eigenvalue weighted by Gasteiger charge is 1.98. The lowest BCUT2D eigenvalue weighted by Gasteiger charge is -1.92. The molecule has 0 unspecified atom stereocenters. The molecule has 1 rings (SSSR count). The van der Waals surface area contributed by atoms with Gasteiger partial charge in [-0.15, -0.1) is 0 Å². The molecule has 0 bridgehead atoms. The van der Waals surface area contributed by atoms with Crippen LogP contribution in [0.5, 0.6) is 0 Å². The Bertz CT molecular complexity index is 256. The molecular formula is C8H8N2O. The Morgan fingerprint density at radius 2 is 2.45 bits per heavy atom. The molecule has 0 aromatic carbocycles. The van der Waals surface area contributed by atoms with E-state index in [0.717, 1.165) is 6.21 Å². The second kappa shape index (κ2) is 3.61. The molecule has 0 fully saturated rings. The van der Waals surface area contributed by atoms with Crippen molar-refractivity contribution in [2.45, 2.75) is 6.42 Å². The zero-order valence-electron chi connectivity index (χ0n) is 5.95. The highest BCUT2D eigenvalue weighted by Crippen LogP contribution is 1.93. The molecule has 0 saturated carbocycles. The Hall–Kier alpha value is -1.51. The number of carbonyl (C=O) groups excluding carboxylic acids is 1. The smallest absolute Gasteiger partial charge is 0.179 e. The summed E-state index contributed by atoms with van der Waals surface area (Å²) in [6, 6.07) is 5.37. The average molecular weight is 148 g/mol. The second-order valence-corrected chi connectivity index (χ2v) is 2.11. The monoisotopic (exact) mass is 148 g/mol. The van der Waals surface area contributed by atoms with Crippen LogP contribution in [0.3, 0.4) is 0 Å². The number of carbonyl (C=O) groups is 1. The molecule has 0 saturated heterocycles. The highest BCUT2D eigenvalue weighted by atomic mass is 16.1. The maximum absolute atomic E-state index is 10.7. The van der Waals surface area contributed by atoms with E-state index in [9.17, 15) is 4.79 Å². The van der Waals surface area contributed by atoms with Gasteiger partial charge in [0.15, 0.2) is 5.78 Å². The van der Waals surface area contributed by atoms with Crippen molar-refractivity contribution < 1.29 is 4.79 Å². The number of aromatic nitrogens is 1. The zero-order chi connectivity index (χ0) is 8.10. The van der Waals surface area contributed by atoms with Crippen LogP contribution >= 0.6 is 0 Å². The van der Waals surface area contributed by atoms with E-state index in [0.29, 0.717) is 5.69 Å². The molecule has 56 valence electrons. The van der Waals surface area contributed by atoms with Gasteiger partial charge in [0.2, 0.25) is 0 Å². The summed E-state index contributed by atoms with van der Waals surface area (Å²) in [6.07, 6.45) is 2.67. The number of nitrogens with zero attached hydrogens (tertiary/aromatic N) is 1. The van der Waals surface area contributed by atoms with E-state index in [-0.39, 0.29) is 12.2 Å². The van der Waals surface area contributed by atoms with Crippen LogP contribution < -0.4 is 0 Å². The van der Waals surface area contributed by atoms with Gasteiger partial charge in [0.1, 0.15) is 0 Å². The molecule has 0 aliphatic carbocycles. The SMILES string of the molecule is N=CC(=O)Cc1ccccn1. The molecule has 0 aliphatic heterocycles. The maximum atomic E-state index is 10.7. The summed E-state index contributed by atoms with van der Waals surface area (Å²) in [5, 5.41) is 6.66. The minimum absolute atomic E-state index is 0.219. The number of ketones is 1. The standard InChI is InChI=1S/C8H8N2O/c9-6-8(11)5-7-3-1-2-4-10-7/h1-4,6,9H,5H2. The van der Waals surface area contributed by atoms with E-state index < -0.39 is 0 Å². The second-order valence-electron chi connectivity index (χ2n) is 2.11. The molecule has 11 heavy (non-hydrogen) atoms. The van der Waals surface area contributed by atoms with Gasteiger partial charge in [-0.2, -0.15) is 0 Å². The number of pyridine rings is 1. The van der Waals surface area contributed by atoms with E-state index in [1.165, 1.54) is 0 Å². The molecule has 0 atom stereocenters. The summed E-state index contributed by atoms with van der Waals surface area (Å²) in [5.74, 6) is -0.219. The highest BCUT2D eigenvalue weighted by molar-refractivity contribution is 6.26. The molecule has 1 aromatic rings. The number of rotatable bonds is 3. The maximum Gasteiger partial charge on any atom is 0.179 e. The third-order valence-corrected chi connectivity index (χ3v) is 1.24. The summed E-state index contributed by atoms with van der Waals surface area (Å²) < 4.78 is 0. The van der Waals surface area contributed by atoms with Crippen molar-refractivity contribution in [1.82, 2.24) is 4.98 Å². The van der Waals surface area contributed by atoms with Crippen LogP contribution in [0.4, 0.5) is 0 Å². The Kier molecular flexibility index (Phi) is 2.49. The first kappa shape index (κ1) is 7.60. The average Bonchev–Trinajstić information content (AvgIpc) is 2.06. The third kappa shape index (κ3) is 2.29. The quantitative estimate of drug-likeness (QED) is 0.646. The van der Waals surface area contributed by atoms with Crippen LogP contribution in [0, 0.1) is 5.41 Å². The lowest BCUT2D eigenvalue weighted by atomic mass is 10.2. The lowest BCUT2D eigenvalue weighted by Crippen LogP contribution is -2.03. The van der Waals surface area contributed by atoms with E-state index in [1.54, 1.807) is 18.3 Å². The summed E-state index contributed by atoms with van der Waals surface area (Å²) in [5.41, 5.74) is 0.709. The molecule has 0 aliphatic rings. The fourth-order valence-electron chi connectivity index (χ4n) is 0.732. The first-order chi connectivity index (χ1) is 5.33. The number of hydrogen-bond acceptors (Lipinski definition) is 3. The van der Waals surface area contributed by atoms with Gasteiger partial charge < -0.3 is 5.41 Å². The topological polar surface area (TPSA) is 53.8 Å². The van der Waals surface area contributed by atoms with Crippen molar-refractivity contribution >= 4 is 12.0 Å². The number of Topliss-reactive ketones (excluding diaryl/α,β-unsaturated/α-hetero) is 1. The molecular weight excluding hydrogens is 140 g/mol. The van der Waals surface area contributed by atoms with Crippen molar-refractivity contribution in [2.24, 2.45) is 0 Å². The predicted octanol–water partition coefficient (Wildman–Crippen LogP) is 0.843. The van der Waals surface area contributed by atoms with Crippen LogP contribution in [0.2, 0.25) is 0 Å². The van der Waals surface area contributed by atoms with Gasteiger partial charge in [0.25, 0.3) is 0 Å². The summed E-state index contributed by atoms with van der Waals surface area (Å²) >= 11 is 0. The Labute approximate surface area is 64.6 Å². The Balaban J connectivity index is 2.65. The van der Waals surface area contributed by atoms with Crippen LogP contribution in [0.25, 0.3) is 0 Å². The van der Waals surface area contributed by atoms with Crippen LogP contribution in [-0.4, -0.2) is 17.0 Å². The van der Waals surface area contributed by atoms with E-state index in [4.69, 9.17) is 5.41 Å². The molecule has 0 radical (unpaired) electrons. The summed E-state index contributed by atoms with van der Waals surface area (Å²) in [7, 11) is 0. The first-order valence-electron chi connectivity index (χ1n) is 3.26. The van der Waals surface area contributed by atoms with Crippen molar-refractivity contribution in [3.05, 3.63) is 30.1 Å². The van der Waals surface area contributed by atoms with Crippen LogP contribution in [-0.2, 0) is 11.2 Å². The minimum Gasteiger partial charge on any atom is -0.305 e. The summed E-state index contributed by atoms with van der Waals surface area (Å²) in [4.78, 5) is 14.6. The van der Waals surface area contributed by atoms with Crippen molar-refractivity contribution in [3.63, 3.8) is 0 Å². The fourth-order valence-corrected chi connectivity index (χ4v) is 0.732. The normalized spacial score (nSPS) is 9.09. The van der Waals surface area contributed by atoms with Crippen molar-refractivity contribution in [3.8, 4) is 0 Å². The van der Waals surface area contributed by atoms with Gasteiger partial charge in [-0.3, -0.25) is 9.78 Å². The molecule has 1 aromatic heterocycles. The Morgan fingerprint density at radius 1 is 1.64 bits per heavy atom. The zero-order valence-corrected chi connectivity index (χ0v) is 5.95. The minimum atomic E-state index is -0.219. The molecule has 0 amide bonds. The van der Waals surface area contributed by atoms with Gasteiger partial charge in [-0.25, -0.2) is 0 Å². The lowest BCUT2D eigenvalue weighted by molar-refractivity contribution is -0.112. The van der Waals surface area contributed by atoms with Gasteiger partial charge >= 0.3 is 0 Å². The Morgan fingerprint density at radius 3 is 3.00 bits per heavy atom. The number of nitrogens with one attached hydrogen (secondary N) is 1. The van der Waals surface area contributed by atoms with E-state index in [2.05, 4.69) is 4.98 Å². The van der Waals surface area contributed by atoms with Crippen LogP contribution in [0.1, 0.15) is 5.69 Å². The summed E-state index contributed by atoms with van der Waals surface area (Å²) in [6.45, 7) is 0. The predicted molar refractivity (Wildman–Crippen MR) is 41.7 cm³/mol. The van der Waals surface area contributed by atoms with E-state index >= 15 is 0 Å². The number of hydrogen-bond donors (Lipinski definition) is 1. The van der Waals surface area contributed by atoms with Crippen LogP contribution in [0.15, 0.2) is 24.4 Å². The fraction of sp³-hybridized carbons (Fsp3) is 0.125. The molecule has 0 spiro atoms. The van der Waals surface area contributed by atoms with Gasteiger partial charge in [0.05, 0.1) is 12.6 Å². The molecule has 3 nitrogen and oxygen atoms in total.